The number of amides is 1. The first-order chi connectivity index (χ1) is 14.1. The Hall–Kier alpha value is -2.32. The molecule has 29 heavy (non-hydrogen) atoms. The summed E-state index contributed by atoms with van der Waals surface area (Å²) in [7, 11) is 1.63. The number of rotatable bonds is 6. The molecule has 0 N–H and O–H groups in total. The van der Waals surface area contributed by atoms with E-state index >= 15 is 0 Å². The lowest BCUT2D eigenvalue weighted by Gasteiger charge is -2.31. The number of ether oxygens (including phenoxy) is 2. The molecule has 1 saturated heterocycles. The Morgan fingerprint density at radius 1 is 1.24 bits per heavy atom. The zero-order valence-corrected chi connectivity index (χ0v) is 17.6. The number of aromatic nitrogens is 1. The molecule has 8 heteroatoms. The van der Waals surface area contributed by atoms with Crippen LogP contribution in [0.15, 0.2) is 47.4 Å². The molecule has 5 nitrogen and oxygen atoms in total. The molecule has 3 aromatic rings. The normalized spacial score (nSPS) is 14.9. The second-order valence-corrected chi connectivity index (χ2v) is 8.80. The summed E-state index contributed by atoms with van der Waals surface area (Å²) in [6, 6.07) is 12.2. The number of thiazole rings is 1. The van der Waals surface area contributed by atoms with Gasteiger partial charge in [0.15, 0.2) is 0 Å². The highest BCUT2D eigenvalue weighted by atomic mass is 32.2. The number of hydrogen-bond donors (Lipinski definition) is 0. The Kier molecular flexibility index (Phi) is 6.20. The topological polar surface area (TPSA) is 51.7 Å². The van der Waals surface area contributed by atoms with Gasteiger partial charge in [-0.15, -0.1) is 11.8 Å². The second-order valence-electron chi connectivity index (χ2n) is 6.75. The summed E-state index contributed by atoms with van der Waals surface area (Å²) in [5.41, 5.74) is 0.745. The lowest BCUT2D eigenvalue weighted by molar-refractivity contribution is -0.130. The zero-order chi connectivity index (χ0) is 20.2. The van der Waals surface area contributed by atoms with E-state index in [4.69, 9.17) is 9.47 Å². The van der Waals surface area contributed by atoms with Gasteiger partial charge < -0.3 is 14.4 Å². The third-order valence-corrected chi connectivity index (χ3v) is 6.72. The predicted octanol–water partition coefficient (Wildman–Crippen LogP) is 4.61. The number of benzene rings is 2. The van der Waals surface area contributed by atoms with Gasteiger partial charge in [0.05, 0.1) is 23.1 Å². The predicted molar refractivity (Wildman–Crippen MR) is 114 cm³/mol. The van der Waals surface area contributed by atoms with Gasteiger partial charge in [0.2, 0.25) is 5.91 Å². The van der Waals surface area contributed by atoms with Crippen molar-refractivity contribution in [3.63, 3.8) is 0 Å². The van der Waals surface area contributed by atoms with Crippen molar-refractivity contribution in [2.24, 2.45) is 0 Å². The molecule has 0 atom stereocenters. The molecule has 1 amide bonds. The number of thioether (sulfide) groups is 1. The number of methoxy groups -OCH3 is 1. The van der Waals surface area contributed by atoms with Crippen LogP contribution < -0.4 is 9.47 Å². The molecule has 152 valence electrons. The van der Waals surface area contributed by atoms with E-state index in [1.807, 2.05) is 29.2 Å². The minimum absolute atomic E-state index is 0.0266. The maximum absolute atomic E-state index is 13.3. The Labute approximate surface area is 176 Å². The number of likely N-dealkylation sites (tertiary alicyclic amines) is 1. The Morgan fingerprint density at radius 3 is 2.72 bits per heavy atom. The van der Waals surface area contributed by atoms with E-state index in [9.17, 15) is 9.18 Å². The van der Waals surface area contributed by atoms with Gasteiger partial charge >= 0.3 is 0 Å². The van der Waals surface area contributed by atoms with Crippen LogP contribution in [0.3, 0.4) is 0 Å². The van der Waals surface area contributed by atoms with E-state index in [-0.39, 0.29) is 17.8 Å². The number of halogens is 1. The Morgan fingerprint density at radius 2 is 2.00 bits per heavy atom. The van der Waals surface area contributed by atoms with Crippen molar-refractivity contribution in [2.45, 2.75) is 23.8 Å². The molecule has 1 aliphatic rings. The highest BCUT2D eigenvalue weighted by molar-refractivity contribution is 8.00. The largest absolute Gasteiger partial charge is 0.497 e. The zero-order valence-electron chi connectivity index (χ0n) is 16.0. The second kappa shape index (κ2) is 9.00. The first kappa shape index (κ1) is 20.0. The molecule has 2 aromatic carbocycles. The summed E-state index contributed by atoms with van der Waals surface area (Å²) in [5.74, 6) is 1.09. The molecule has 0 spiro atoms. The number of hydrogen-bond acceptors (Lipinski definition) is 6. The molecule has 0 aliphatic carbocycles. The van der Waals surface area contributed by atoms with E-state index in [0.717, 1.165) is 33.7 Å². The van der Waals surface area contributed by atoms with Crippen LogP contribution in [0.2, 0.25) is 0 Å². The molecule has 1 aliphatic heterocycles. The molecule has 1 fully saturated rings. The highest BCUT2D eigenvalue weighted by Gasteiger charge is 2.24. The van der Waals surface area contributed by atoms with Gasteiger partial charge in [-0.3, -0.25) is 4.79 Å². The van der Waals surface area contributed by atoms with E-state index < -0.39 is 0 Å². The third-order valence-electron chi connectivity index (χ3n) is 4.81. The van der Waals surface area contributed by atoms with Crippen LogP contribution in [0.4, 0.5) is 4.39 Å². The summed E-state index contributed by atoms with van der Waals surface area (Å²) in [6.07, 6.45) is 1.56. The van der Waals surface area contributed by atoms with Gasteiger partial charge in [0.1, 0.15) is 17.7 Å². The SMILES string of the molecule is COc1ccc(SCC(=O)N2CCC(Oc3nc4ccc(F)cc4s3)CC2)cc1. The minimum Gasteiger partial charge on any atom is -0.497 e. The highest BCUT2D eigenvalue weighted by Crippen LogP contribution is 2.30. The van der Waals surface area contributed by atoms with Gasteiger partial charge in [-0.05, 0) is 42.5 Å². The van der Waals surface area contributed by atoms with Crippen molar-refractivity contribution in [3.05, 3.63) is 48.3 Å². The average Bonchev–Trinajstić information content (AvgIpc) is 3.14. The number of nitrogens with zero attached hydrogens (tertiary/aromatic N) is 2. The summed E-state index contributed by atoms with van der Waals surface area (Å²) in [5, 5.41) is 0.561. The molecule has 0 unspecified atom stereocenters. The third kappa shape index (κ3) is 5.00. The molecular formula is C21H21FN2O3S2. The molecular weight excluding hydrogens is 411 g/mol. The van der Waals surface area contributed by atoms with Gasteiger partial charge in [-0.2, -0.15) is 0 Å². The number of carbonyl (C=O) groups is 1. The van der Waals surface area contributed by atoms with E-state index in [2.05, 4.69) is 4.98 Å². The lowest BCUT2D eigenvalue weighted by Crippen LogP contribution is -2.42. The van der Waals surface area contributed by atoms with Crippen molar-refractivity contribution < 1.29 is 18.7 Å². The number of piperidine rings is 1. The molecule has 2 heterocycles. The van der Waals surface area contributed by atoms with E-state index in [0.29, 0.717) is 24.0 Å². The maximum atomic E-state index is 13.3. The summed E-state index contributed by atoms with van der Waals surface area (Å²) in [6.45, 7) is 1.35. The van der Waals surface area contributed by atoms with Crippen LogP contribution >= 0.6 is 23.1 Å². The Bertz CT molecular complexity index is 985. The molecule has 0 bridgehead atoms. The fraction of sp³-hybridized carbons (Fsp3) is 0.333. The van der Waals surface area contributed by atoms with Gasteiger partial charge in [-0.25, -0.2) is 9.37 Å². The van der Waals surface area contributed by atoms with E-state index in [1.54, 1.807) is 13.2 Å². The first-order valence-corrected chi connectivity index (χ1v) is 11.2. The average molecular weight is 433 g/mol. The fourth-order valence-electron chi connectivity index (χ4n) is 3.20. The van der Waals surface area contributed by atoms with Crippen LogP contribution in [0, 0.1) is 5.82 Å². The number of fused-ring (bicyclic) bond motifs is 1. The first-order valence-electron chi connectivity index (χ1n) is 9.38. The van der Waals surface area contributed by atoms with Crippen LogP contribution in [0.5, 0.6) is 10.9 Å². The van der Waals surface area contributed by atoms with Crippen LogP contribution in [-0.2, 0) is 4.79 Å². The fourth-order valence-corrected chi connectivity index (χ4v) is 4.91. The molecule has 4 rings (SSSR count). The van der Waals surface area contributed by atoms with Crippen LogP contribution in [0.25, 0.3) is 10.2 Å². The van der Waals surface area contributed by atoms with Crippen LogP contribution in [-0.4, -0.2) is 47.8 Å². The van der Waals surface area contributed by atoms with Crippen molar-refractivity contribution in [3.8, 4) is 10.9 Å². The molecule has 0 radical (unpaired) electrons. The van der Waals surface area contributed by atoms with Gasteiger partial charge in [0, 0.05) is 30.8 Å². The van der Waals surface area contributed by atoms with E-state index in [1.165, 1.54) is 35.2 Å². The molecule has 1 aromatic heterocycles. The van der Waals surface area contributed by atoms with Crippen molar-refractivity contribution in [2.75, 3.05) is 26.0 Å². The van der Waals surface area contributed by atoms with Crippen molar-refractivity contribution >= 4 is 39.2 Å². The van der Waals surface area contributed by atoms with Gasteiger partial charge in [-0.1, -0.05) is 11.3 Å². The summed E-state index contributed by atoms with van der Waals surface area (Å²) < 4.78 is 25.2. The summed E-state index contributed by atoms with van der Waals surface area (Å²) in [4.78, 5) is 19.9. The Balaban J connectivity index is 1.25. The minimum atomic E-state index is -0.271. The lowest BCUT2D eigenvalue weighted by atomic mass is 10.1. The van der Waals surface area contributed by atoms with Crippen molar-refractivity contribution in [1.29, 1.82) is 0 Å². The number of carbonyl (C=O) groups excluding carboxylic acids is 1. The van der Waals surface area contributed by atoms with Gasteiger partial charge in [0.25, 0.3) is 5.19 Å². The quantitative estimate of drug-likeness (QED) is 0.533. The standard InChI is InChI=1S/C21H21FN2O3S2/c1-26-15-3-5-17(6-4-15)28-13-20(25)24-10-8-16(9-11-24)27-21-23-18-7-2-14(22)12-19(18)29-21/h2-7,12,16H,8-11,13H2,1H3. The monoisotopic (exact) mass is 432 g/mol. The smallest absolute Gasteiger partial charge is 0.274 e. The van der Waals surface area contributed by atoms with Crippen molar-refractivity contribution in [1.82, 2.24) is 9.88 Å². The molecule has 0 saturated carbocycles. The maximum Gasteiger partial charge on any atom is 0.274 e. The van der Waals surface area contributed by atoms with Crippen LogP contribution in [0.1, 0.15) is 12.8 Å². The summed E-state index contributed by atoms with van der Waals surface area (Å²) >= 11 is 2.89.